The number of halogens is 2. The molecule has 0 amide bonds. The van der Waals surface area contributed by atoms with Crippen molar-refractivity contribution in [1.82, 2.24) is 0 Å². The van der Waals surface area contributed by atoms with Gasteiger partial charge in [-0.25, -0.2) is 0 Å². The van der Waals surface area contributed by atoms with Crippen molar-refractivity contribution in [2.75, 3.05) is 0 Å². The van der Waals surface area contributed by atoms with Gasteiger partial charge in [-0.3, -0.25) is 0 Å². The Hall–Kier alpha value is 0.410. The Morgan fingerprint density at radius 3 is 1.67 bits per heavy atom. The van der Waals surface area contributed by atoms with Gasteiger partial charge in [0.2, 0.25) is 0 Å². The second-order valence-corrected chi connectivity index (χ2v) is 25.3. The van der Waals surface area contributed by atoms with E-state index in [4.69, 9.17) is 17.2 Å². The van der Waals surface area contributed by atoms with E-state index in [9.17, 15) is 0 Å². The first-order valence-electron chi connectivity index (χ1n) is 8.27. The van der Waals surface area contributed by atoms with Gasteiger partial charge in [0.05, 0.1) is 0 Å². The molecule has 0 bridgehead atoms. The fourth-order valence-electron chi connectivity index (χ4n) is 3.15. The fraction of sp³-hybridized carbons (Fsp3) is 0.556. The third-order valence-electron chi connectivity index (χ3n) is 4.41. The monoisotopic (exact) mass is 492 g/mol. The normalized spacial score (nSPS) is 18.5. The summed E-state index contributed by atoms with van der Waals surface area (Å²) in [5, 5.41) is 0. The van der Waals surface area contributed by atoms with Gasteiger partial charge in [-0.15, -0.1) is 0 Å². The first kappa shape index (κ1) is 17.8. The summed E-state index contributed by atoms with van der Waals surface area (Å²) in [4.78, 5) is 0. The number of rotatable bonds is 8. The van der Waals surface area contributed by atoms with E-state index >= 15 is 0 Å². The van der Waals surface area contributed by atoms with Gasteiger partial charge in [0, 0.05) is 0 Å². The van der Waals surface area contributed by atoms with Crippen LogP contribution in [0.25, 0.3) is 0 Å². The van der Waals surface area contributed by atoms with Crippen LogP contribution in [-0.4, -0.2) is 0 Å². The van der Waals surface area contributed by atoms with Crippen LogP contribution in [0, 0.1) is 0 Å². The van der Waals surface area contributed by atoms with Crippen molar-refractivity contribution in [3.05, 3.63) is 42.1 Å². The maximum atomic E-state index is 7.09. The zero-order chi connectivity index (χ0) is 15.3. The average Bonchev–Trinajstić information content (AvgIpc) is 3.11. The van der Waals surface area contributed by atoms with Crippen molar-refractivity contribution in [3.63, 3.8) is 0 Å². The number of hydrogen-bond donors (Lipinski definition) is 0. The summed E-state index contributed by atoms with van der Waals surface area (Å²) >= 11 is -3.48. The maximum absolute atomic E-state index is 7.09. The molecule has 0 fully saturated rings. The quantitative estimate of drug-likeness (QED) is 0.314. The molecule has 0 saturated carbocycles. The van der Waals surface area contributed by atoms with Gasteiger partial charge in [0.1, 0.15) is 0 Å². The molecule has 2 aliphatic rings. The first-order chi connectivity index (χ1) is 10.1. The van der Waals surface area contributed by atoms with Crippen LogP contribution < -0.4 is 0 Å². The van der Waals surface area contributed by atoms with Crippen LogP contribution >= 0.6 is 17.2 Å². The van der Waals surface area contributed by atoms with Crippen LogP contribution in [-0.2, 0) is 17.6 Å². The Labute approximate surface area is 141 Å². The van der Waals surface area contributed by atoms with Crippen molar-refractivity contribution in [3.8, 4) is 0 Å². The molecule has 21 heavy (non-hydrogen) atoms. The fourth-order valence-corrected chi connectivity index (χ4v) is 18.0. The molecule has 0 atom stereocenters. The molecule has 0 heterocycles. The Kier molecular flexibility index (Phi) is 7.03. The minimum atomic E-state index is -3.48. The molecule has 0 aliphatic heterocycles. The third kappa shape index (κ3) is 4.24. The molecule has 2 rings (SSSR count). The van der Waals surface area contributed by atoms with Gasteiger partial charge in [0.25, 0.3) is 0 Å². The average molecular weight is 492 g/mol. The summed E-state index contributed by atoms with van der Waals surface area (Å²) in [7, 11) is 14.2. The van der Waals surface area contributed by atoms with Gasteiger partial charge in [-0.2, -0.15) is 0 Å². The van der Waals surface area contributed by atoms with Crippen molar-refractivity contribution >= 4 is 17.2 Å². The van der Waals surface area contributed by atoms with E-state index in [0.29, 0.717) is 0 Å². The Morgan fingerprint density at radius 1 is 0.857 bits per heavy atom. The van der Waals surface area contributed by atoms with Gasteiger partial charge in [0.15, 0.2) is 0 Å². The van der Waals surface area contributed by atoms with E-state index in [0.717, 1.165) is 25.7 Å². The van der Waals surface area contributed by atoms with E-state index in [1.807, 2.05) is 0 Å². The summed E-state index contributed by atoms with van der Waals surface area (Å²) in [6.07, 6.45) is 18.3. The molecular weight excluding hydrogens is 466 g/mol. The van der Waals surface area contributed by atoms with Crippen LogP contribution in [0.3, 0.4) is 0 Å². The number of hydrogen-bond acceptors (Lipinski definition) is 0. The predicted octanol–water partition coefficient (Wildman–Crippen LogP) is 7.26. The number of unbranched alkanes of at least 4 members (excludes halogenated alkanes) is 2. The van der Waals surface area contributed by atoms with E-state index in [1.165, 1.54) is 43.5 Å². The molecule has 0 spiro atoms. The molecule has 0 aromatic carbocycles. The molecular formula is C18H26Cl2Hf. The Balaban J connectivity index is 2.24. The third-order valence-corrected chi connectivity index (χ3v) is 21.1. The molecule has 0 unspecified atom stereocenters. The van der Waals surface area contributed by atoms with Crippen LogP contribution in [0.4, 0.5) is 0 Å². The molecule has 2 aliphatic carbocycles. The Morgan fingerprint density at radius 2 is 1.29 bits per heavy atom. The molecule has 0 N–H and O–H groups in total. The summed E-state index contributed by atoms with van der Waals surface area (Å²) in [5.41, 5.74) is 2.91. The minimum absolute atomic E-state index is 0.998. The molecule has 0 aromatic heterocycles. The Bertz CT molecular complexity index is 451. The zero-order valence-electron chi connectivity index (χ0n) is 13.2. The molecule has 0 radical (unpaired) electrons. The summed E-state index contributed by atoms with van der Waals surface area (Å²) in [6, 6.07) is 0. The van der Waals surface area contributed by atoms with Crippen LogP contribution in [0.15, 0.2) is 42.1 Å². The molecule has 116 valence electrons. The summed E-state index contributed by atoms with van der Waals surface area (Å²) in [5.74, 6) is 0. The summed E-state index contributed by atoms with van der Waals surface area (Å²) < 4.78 is 2.87. The summed E-state index contributed by atoms with van der Waals surface area (Å²) in [6.45, 7) is 4.48. The van der Waals surface area contributed by atoms with Gasteiger partial charge >= 0.3 is 142 Å². The van der Waals surface area contributed by atoms with Crippen molar-refractivity contribution < 1.29 is 17.6 Å². The standard InChI is InChI=1S/2C9H13.2ClH.Hf/c2*1-2-3-6-9-7-4-5-8-9;;;/h2*4,7H,2-3,5-6H2,1H3;2*1H;/q;;;;+2/p-2. The van der Waals surface area contributed by atoms with Crippen LogP contribution in [0.2, 0.25) is 0 Å². The molecule has 0 aromatic rings. The van der Waals surface area contributed by atoms with Crippen molar-refractivity contribution in [2.24, 2.45) is 0 Å². The zero-order valence-corrected chi connectivity index (χ0v) is 18.3. The molecule has 0 nitrogen and oxygen atoms in total. The number of allylic oxidation sites excluding steroid dienone is 8. The van der Waals surface area contributed by atoms with Gasteiger partial charge in [-0.1, -0.05) is 0 Å². The second kappa shape index (κ2) is 8.32. The van der Waals surface area contributed by atoms with E-state index in [1.54, 1.807) is 0 Å². The van der Waals surface area contributed by atoms with Crippen molar-refractivity contribution in [1.29, 1.82) is 0 Å². The van der Waals surface area contributed by atoms with Gasteiger partial charge < -0.3 is 0 Å². The van der Waals surface area contributed by atoms with E-state index in [2.05, 4.69) is 38.2 Å². The SMILES string of the molecule is CCCCC1=[C]([Hf]([Cl])([Cl])[C]2=C(CCCC)C=CC2)CC=C1. The molecule has 3 heteroatoms. The van der Waals surface area contributed by atoms with Gasteiger partial charge in [-0.05, 0) is 0 Å². The van der Waals surface area contributed by atoms with E-state index in [-0.39, 0.29) is 0 Å². The topological polar surface area (TPSA) is 0 Å². The predicted molar refractivity (Wildman–Crippen MR) is 92.3 cm³/mol. The van der Waals surface area contributed by atoms with Crippen LogP contribution in [0.5, 0.6) is 0 Å². The van der Waals surface area contributed by atoms with Crippen LogP contribution in [0.1, 0.15) is 65.2 Å². The second-order valence-electron chi connectivity index (χ2n) is 6.00. The first-order valence-corrected chi connectivity index (χ1v) is 20.8. The van der Waals surface area contributed by atoms with Crippen molar-refractivity contribution in [2.45, 2.75) is 65.2 Å². The molecule has 0 saturated heterocycles. The van der Waals surface area contributed by atoms with E-state index < -0.39 is 17.6 Å².